The van der Waals surface area contributed by atoms with Crippen molar-refractivity contribution in [2.45, 2.75) is 0 Å². The number of halogens is 1. The number of rotatable bonds is 1. The topological polar surface area (TPSA) is 59.4 Å². The number of hydrogen-bond donors (Lipinski definition) is 1. The number of hydrogen-bond acceptors (Lipinski definition) is 4. The molecule has 2 rings (SSSR count). The highest BCUT2D eigenvalue weighted by molar-refractivity contribution is 6.36. The number of benzene rings is 1. The summed E-state index contributed by atoms with van der Waals surface area (Å²) in [6.07, 6.45) is 1.39. The van der Waals surface area contributed by atoms with Crippen molar-refractivity contribution in [2.24, 2.45) is 0 Å². The first-order valence-corrected chi connectivity index (χ1v) is 4.87. The first-order chi connectivity index (χ1) is 7.63. The summed E-state index contributed by atoms with van der Waals surface area (Å²) in [6.45, 7) is 0. The van der Waals surface area contributed by atoms with Crippen LogP contribution >= 0.6 is 11.6 Å². The fourth-order valence-electron chi connectivity index (χ4n) is 1.48. The molecule has 0 saturated heterocycles. The van der Waals surface area contributed by atoms with Gasteiger partial charge in [-0.15, -0.1) is 0 Å². The van der Waals surface area contributed by atoms with Gasteiger partial charge in [-0.1, -0.05) is 11.6 Å². The van der Waals surface area contributed by atoms with Crippen molar-refractivity contribution in [2.75, 3.05) is 7.11 Å². The molecule has 0 radical (unpaired) electrons. The van der Waals surface area contributed by atoms with Gasteiger partial charge in [-0.25, -0.2) is 9.78 Å². The van der Waals surface area contributed by atoms with E-state index in [-0.39, 0.29) is 5.88 Å². The minimum absolute atomic E-state index is 0.142. The molecule has 0 atom stereocenters. The van der Waals surface area contributed by atoms with Gasteiger partial charge in [0, 0.05) is 28.1 Å². The highest BCUT2D eigenvalue weighted by atomic mass is 35.5. The normalized spacial score (nSPS) is 10.4. The Hall–Kier alpha value is -1.81. The van der Waals surface area contributed by atoms with E-state index in [1.807, 2.05) is 0 Å². The molecule has 5 heteroatoms. The summed E-state index contributed by atoms with van der Waals surface area (Å²) >= 11 is 5.96. The molecule has 0 aliphatic rings. The second-order valence-corrected chi connectivity index (χ2v) is 3.58. The van der Waals surface area contributed by atoms with Crippen molar-refractivity contribution in [3.63, 3.8) is 0 Å². The van der Waals surface area contributed by atoms with Crippen LogP contribution in [0.1, 0.15) is 10.4 Å². The van der Waals surface area contributed by atoms with Gasteiger partial charge in [0.2, 0.25) is 5.88 Å². The summed E-state index contributed by atoms with van der Waals surface area (Å²) in [5.74, 6) is -0.606. The molecule has 0 aliphatic heterocycles. The number of aromatic hydroxyl groups is 1. The minimum atomic E-state index is -0.464. The van der Waals surface area contributed by atoms with Gasteiger partial charge >= 0.3 is 5.97 Å². The second-order valence-electron chi connectivity index (χ2n) is 3.17. The van der Waals surface area contributed by atoms with E-state index in [0.717, 1.165) is 0 Å². The third kappa shape index (κ3) is 1.67. The van der Waals surface area contributed by atoms with E-state index in [4.69, 9.17) is 11.6 Å². The molecule has 1 heterocycles. The predicted octanol–water partition coefficient (Wildman–Crippen LogP) is 2.38. The highest BCUT2D eigenvalue weighted by Gasteiger charge is 2.12. The SMILES string of the molecule is COC(=O)c1ccc(Cl)c2cc(O)ncc12. The number of carbonyl (C=O) groups excluding carboxylic acids is 1. The van der Waals surface area contributed by atoms with Gasteiger partial charge in [0.15, 0.2) is 0 Å². The van der Waals surface area contributed by atoms with Crippen LogP contribution in [0.15, 0.2) is 24.4 Å². The number of fused-ring (bicyclic) bond motifs is 1. The van der Waals surface area contributed by atoms with Gasteiger partial charge in [0.25, 0.3) is 0 Å². The Morgan fingerprint density at radius 1 is 1.44 bits per heavy atom. The lowest BCUT2D eigenvalue weighted by Gasteiger charge is -2.06. The molecule has 1 aromatic heterocycles. The van der Waals surface area contributed by atoms with Crippen LogP contribution in [0.25, 0.3) is 10.8 Å². The Morgan fingerprint density at radius 3 is 2.88 bits per heavy atom. The van der Waals surface area contributed by atoms with Crippen molar-refractivity contribution >= 4 is 28.3 Å². The number of carbonyl (C=O) groups is 1. The molecular weight excluding hydrogens is 230 g/mol. The average Bonchev–Trinajstić information content (AvgIpc) is 2.29. The first kappa shape index (κ1) is 10.7. The molecule has 4 nitrogen and oxygen atoms in total. The maximum absolute atomic E-state index is 11.5. The molecule has 82 valence electrons. The van der Waals surface area contributed by atoms with Crippen molar-refractivity contribution in [3.05, 3.63) is 35.0 Å². The van der Waals surface area contributed by atoms with Gasteiger partial charge in [-0.05, 0) is 12.1 Å². The Balaban J connectivity index is 2.79. The Labute approximate surface area is 96.4 Å². The van der Waals surface area contributed by atoms with Crippen LogP contribution in [0.2, 0.25) is 5.02 Å². The molecule has 1 N–H and O–H groups in total. The van der Waals surface area contributed by atoms with Crippen LogP contribution in [-0.4, -0.2) is 23.2 Å². The third-order valence-corrected chi connectivity index (χ3v) is 2.57. The molecule has 0 bridgehead atoms. The largest absolute Gasteiger partial charge is 0.493 e. The summed E-state index contributed by atoms with van der Waals surface area (Å²) in [6, 6.07) is 4.55. The lowest BCUT2D eigenvalue weighted by molar-refractivity contribution is 0.0603. The zero-order valence-electron chi connectivity index (χ0n) is 8.40. The fraction of sp³-hybridized carbons (Fsp3) is 0.0909. The van der Waals surface area contributed by atoms with Gasteiger partial charge in [-0.3, -0.25) is 0 Å². The Morgan fingerprint density at radius 2 is 2.19 bits per heavy atom. The average molecular weight is 238 g/mol. The van der Waals surface area contributed by atoms with Crippen LogP contribution < -0.4 is 0 Å². The number of esters is 1. The maximum Gasteiger partial charge on any atom is 0.338 e. The summed E-state index contributed by atoms with van der Waals surface area (Å²) < 4.78 is 4.64. The van der Waals surface area contributed by atoms with Crippen molar-refractivity contribution < 1.29 is 14.6 Å². The number of nitrogens with zero attached hydrogens (tertiary/aromatic N) is 1. The van der Waals surface area contributed by atoms with Crippen LogP contribution in [0, 0.1) is 0 Å². The van der Waals surface area contributed by atoms with Crippen molar-refractivity contribution in [1.29, 1.82) is 0 Å². The summed E-state index contributed by atoms with van der Waals surface area (Å²) in [4.78, 5) is 15.2. The molecule has 16 heavy (non-hydrogen) atoms. The lowest BCUT2D eigenvalue weighted by atomic mass is 10.1. The molecule has 0 amide bonds. The van der Waals surface area contributed by atoms with E-state index in [1.54, 1.807) is 12.1 Å². The Kier molecular flexibility index (Phi) is 2.66. The highest BCUT2D eigenvalue weighted by Crippen LogP contribution is 2.28. The monoisotopic (exact) mass is 237 g/mol. The number of ether oxygens (including phenoxy) is 1. The van der Waals surface area contributed by atoms with E-state index < -0.39 is 5.97 Å². The second kappa shape index (κ2) is 3.98. The van der Waals surface area contributed by atoms with Crippen LogP contribution in [0.5, 0.6) is 5.88 Å². The van der Waals surface area contributed by atoms with Crippen LogP contribution in [0.4, 0.5) is 0 Å². The molecule has 0 unspecified atom stereocenters. The summed E-state index contributed by atoms with van der Waals surface area (Å²) in [5, 5.41) is 10.8. The van der Waals surface area contributed by atoms with Crippen LogP contribution in [-0.2, 0) is 4.74 Å². The standard InChI is InChI=1S/C11H8ClNO3/c1-16-11(15)6-2-3-9(12)7-4-10(14)13-5-8(6)7/h2-5H,1H3,(H,13,14). The summed E-state index contributed by atoms with van der Waals surface area (Å²) in [7, 11) is 1.30. The van der Waals surface area contributed by atoms with E-state index in [1.165, 1.54) is 19.4 Å². The molecule has 0 saturated carbocycles. The van der Waals surface area contributed by atoms with Crippen LogP contribution in [0.3, 0.4) is 0 Å². The quantitative estimate of drug-likeness (QED) is 0.774. The van der Waals surface area contributed by atoms with Gasteiger partial charge in [-0.2, -0.15) is 0 Å². The van der Waals surface area contributed by atoms with Gasteiger partial charge < -0.3 is 9.84 Å². The van der Waals surface area contributed by atoms with E-state index in [0.29, 0.717) is 21.4 Å². The molecule has 2 aromatic rings. The van der Waals surface area contributed by atoms with Crippen molar-refractivity contribution in [1.82, 2.24) is 4.98 Å². The number of aromatic nitrogens is 1. The fourth-order valence-corrected chi connectivity index (χ4v) is 1.70. The molecule has 1 aromatic carbocycles. The lowest BCUT2D eigenvalue weighted by Crippen LogP contribution is -2.02. The zero-order valence-corrected chi connectivity index (χ0v) is 9.15. The van der Waals surface area contributed by atoms with Crippen molar-refractivity contribution in [3.8, 4) is 5.88 Å². The number of methoxy groups -OCH3 is 1. The summed E-state index contributed by atoms with van der Waals surface area (Å²) in [5.41, 5.74) is 0.370. The third-order valence-electron chi connectivity index (χ3n) is 2.24. The van der Waals surface area contributed by atoms with E-state index >= 15 is 0 Å². The first-order valence-electron chi connectivity index (χ1n) is 4.49. The zero-order chi connectivity index (χ0) is 11.7. The van der Waals surface area contributed by atoms with E-state index in [9.17, 15) is 9.90 Å². The van der Waals surface area contributed by atoms with E-state index in [2.05, 4.69) is 9.72 Å². The Bertz CT molecular complexity index is 568. The molecular formula is C11H8ClNO3. The molecule has 0 aliphatic carbocycles. The molecule has 0 spiro atoms. The maximum atomic E-state index is 11.5. The van der Waals surface area contributed by atoms with Gasteiger partial charge in [0.05, 0.1) is 12.7 Å². The number of pyridine rings is 1. The van der Waals surface area contributed by atoms with Gasteiger partial charge in [0.1, 0.15) is 0 Å². The predicted molar refractivity (Wildman–Crippen MR) is 59.8 cm³/mol. The minimum Gasteiger partial charge on any atom is -0.493 e. The smallest absolute Gasteiger partial charge is 0.338 e. The molecule has 0 fully saturated rings.